The Labute approximate surface area is 104 Å². The minimum Gasteiger partial charge on any atom is -0.306 e. The molecule has 90 valence electrons. The summed E-state index contributed by atoms with van der Waals surface area (Å²) in [5.74, 6) is 0. The zero-order valence-electron chi connectivity index (χ0n) is 11.0. The van der Waals surface area contributed by atoms with Crippen LogP contribution in [-0.2, 0) is 6.42 Å². The van der Waals surface area contributed by atoms with Gasteiger partial charge in [0.15, 0.2) is 0 Å². The van der Waals surface area contributed by atoms with Gasteiger partial charge in [0.1, 0.15) is 0 Å². The highest BCUT2D eigenvalue weighted by atomic mass is 14.4. The lowest BCUT2D eigenvalue weighted by molar-refractivity contribution is 1.14. The third-order valence-electron chi connectivity index (χ3n) is 2.76. The third-order valence-corrected chi connectivity index (χ3v) is 2.76. The molecule has 0 amide bonds. The number of benzene rings is 1. The topological polar surface area (TPSA) is 23.9 Å². The average Bonchev–Trinajstić information content (AvgIpc) is 2.34. The maximum Gasteiger partial charge on any atom is 0.0282 e. The molecule has 17 heavy (non-hydrogen) atoms. The van der Waals surface area contributed by atoms with Gasteiger partial charge >= 0.3 is 0 Å². The molecular weight excluding hydrogens is 206 g/mol. The fourth-order valence-corrected chi connectivity index (χ4v) is 1.68. The van der Waals surface area contributed by atoms with Crippen LogP contribution in [0.4, 0.5) is 0 Å². The Morgan fingerprint density at radius 3 is 2.29 bits per heavy atom. The Morgan fingerprint density at radius 1 is 1.18 bits per heavy atom. The lowest BCUT2D eigenvalue weighted by Crippen LogP contribution is -1.85. The lowest BCUT2D eigenvalue weighted by atomic mass is 10.0. The minimum atomic E-state index is 0.582. The van der Waals surface area contributed by atoms with E-state index in [4.69, 9.17) is 5.41 Å². The Balaban J connectivity index is 2.89. The van der Waals surface area contributed by atoms with E-state index in [2.05, 4.69) is 44.2 Å². The largest absolute Gasteiger partial charge is 0.306 e. The van der Waals surface area contributed by atoms with Crippen LogP contribution in [0, 0.1) is 5.41 Å². The second-order valence-electron chi connectivity index (χ2n) is 4.14. The maximum absolute atomic E-state index is 7.34. The molecule has 1 rings (SSSR count). The first-order valence-electron chi connectivity index (χ1n) is 6.19. The Morgan fingerprint density at radius 2 is 1.82 bits per heavy atom. The molecule has 1 aromatic carbocycles. The Kier molecular flexibility index (Phi) is 5.41. The minimum absolute atomic E-state index is 0.582. The predicted molar refractivity (Wildman–Crippen MR) is 76.6 cm³/mol. The molecule has 1 aromatic rings. The second kappa shape index (κ2) is 6.85. The fraction of sp³-hybridized carbons (Fsp3) is 0.312. The van der Waals surface area contributed by atoms with E-state index in [9.17, 15) is 0 Å². The van der Waals surface area contributed by atoms with Crippen LogP contribution in [-0.4, -0.2) is 5.71 Å². The van der Waals surface area contributed by atoms with Crippen molar-refractivity contribution in [1.82, 2.24) is 0 Å². The molecule has 0 saturated carbocycles. The summed E-state index contributed by atoms with van der Waals surface area (Å²) in [6, 6.07) is 8.73. The zero-order chi connectivity index (χ0) is 12.7. The first-order chi connectivity index (χ1) is 8.17. The van der Waals surface area contributed by atoms with E-state index in [1.807, 2.05) is 12.2 Å². The van der Waals surface area contributed by atoms with Gasteiger partial charge in [-0.1, -0.05) is 50.3 Å². The van der Waals surface area contributed by atoms with Gasteiger partial charge in [0.25, 0.3) is 0 Å². The van der Waals surface area contributed by atoms with Gasteiger partial charge in [-0.2, -0.15) is 0 Å². The summed E-state index contributed by atoms with van der Waals surface area (Å²) in [4.78, 5) is 0. The van der Waals surface area contributed by atoms with Crippen molar-refractivity contribution in [2.75, 3.05) is 0 Å². The van der Waals surface area contributed by atoms with Gasteiger partial charge in [0.2, 0.25) is 0 Å². The van der Waals surface area contributed by atoms with Crippen molar-refractivity contribution >= 4 is 11.3 Å². The first-order valence-corrected chi connectivity index (χ1v) is 6.19. The number of allylic oxidation sites excluding steroid dienone is 4. The van der Waals surface area contributed by atoms with Crippen molar-refractivity contribution in [2.24, 2.45) is 0 Å². The Bertz CT molecular complexity index is 421. The van der Waals surface area contributed by atoms with Crippen LogP contribution < -0.4 is 0 Å². The summed E-state index contributed by atoms with van der Waals surface area (Å²) in [5, 5.41) is 7.34. The van der Waals surface area contributed by atoms with E-state index in [0.29, 0.717) is 5.71 Å². The maximum atomic E-state index is 7.34. The predicted octanol–water partition coefficient (Wildman–Crippen LogP) is 4.64. The van der Waals surface area contributed by atoms with Crippen LogP contribution in [0.3, 0.4) is 0 Å². The zero-order valence-corrected chi connectivity index (χ0v) is 11.0. The molecule has 0 aliphatic rings. The highest BCUT2D eigenvalue weighted by Gasteiger charge is 1.97. The number of hydrogen-bond acceptors (Lipinski definition) is 1. The first kappa shape index (κ1) is 13.4. The summed E-state index contributed by atoms with van der Waals surface area (Å²) in [6.45, 7) is 6.11. The van der Waals surface area contributed by atoms with Crippen molar-refractivity contribution < 1.29 is 0 Å². The van der Waals surface area contributed by atoms with E-state index in [1.54, 1.807) is 6.92 Å². The van der Waals surface area contributed by atoms with E-state index in [-0.39, 0.29) is 0 Å². The highest BCUT2D eigenvalue weighted by Crippen LogP contribution is 2.18. The number of hydrogen-bond donors (Lipinski definition) is 1. The van der Waals surface area contributed by atoms with Crippen molar-refractivity contribution in [2.45, 2.75) is 33.6 Å². The highest BCUT2D eigenvalue weighted by molar-refractivity contribution is 5.90. The van der Waals surface area contributed by atoms with Crippen molar-refractivity contribution in [3.63, 3.8) is 0 Å². The molecule has 1 N–H and O–H groups in total. The van der Waals surface area contributed by atoms with E-state index >= 15 is 0 Å². The molecule has 0 aromatic heterocycles. The molecule has 0 bridgehead atoms. The molecule has 0 fully saturated rings. The molecular formula is C16H21N. The molecule has 1 heteroatoms. The summed E-state index contributed by atoms with van der Waals surface area (Å²) < 4.78 is 0. The number of rotatable bonds is 5. The van der Waals surface area contributed by atoms with Crippen LogP contribution in [0.15, 0.2) is 42.5 Å². The van der Waals surface area contributed by atoms with Gasteiger partial charge in [0, 0.05) is 5.71 Å². The standard InChI is InChI=1S/C16H21N/c1-4-14-9-11-16(12-10-14)15(5-2)8-6-7-13(3)17/h6-12,17H,4-5H2,1-3H3/b7-6-,15-8+,17-13?. The van der Waals surface area contributed by atoms with Crippen LogP contribution in [0.2, 0.25) is 0 Å². The van der Waals surface area contributed by atoms with Crippen LogP contribution in [0.1, 0.15) is 38.3 Å². The van der Waals surface area contributed by atoms with E-state index in [1.165, 1.54) is 16.7 Å². The van der Waals surface area contributed by atoms with Crippen LogP contribution >= 0.6 is 0 Å². The van der Waals surface area contributed by atoms with Gasteiger partial charge in [0.05, 0.1) is 0 Å². The van der Waals surface area contributed by atoms with Crippen molar-refractivity contribution in [3.05, 3.63) is 53.6 Å². The SMILES string of the molecule is CC/C(=C\C=C/C(C)=N)c1ccc(CC)cc1. The monoisotopic (exact) mass is 227 g/mol. The molecule has 0 spiro atoms. The van der Waals surface area contributed by atoms with Crippen molar-refractivity contribution in [3.8, 4) is 0 Å². The molecule has 0 atom stereocenters. The lowest BCUT2D eigenvalue weighted by Gasteiger charge is -2.05. The molecule has 0 unspecified atom stereocenters. The quantitative estimate of drug-likeness (QED) is 0.560. The summed E-state index contributed by atoms with van der Waals surface area (Å²) in [7, 11) is 0. The number of nitrogens with one attached hydrogen (secondary N) is 1. The van der Waals surface area contributed by atoms with Gasteiger partial charge < -0.3 is 5.41 Å². The third kappa shape index (κ3) is 4.39. The summed E-state index contributed by atoms with van der Waals surface area (Å²) in [5.41, 5.74) is 4.54. The normalized spacial score (nSPS) is 12.1. The molecule has 0 aliphatic heterocycles. The Hall–Kier alpha value is -1.63. The second-order valence-corrected chi connectivity index (χ2v) is 4.14. The van der Waals surface area contributed by atoms with Gasteiger partial charge in [-0.3, -0.25) is 0 Å². The molecule has 0 radical (unpaired) electrons. The summed E-state index contributed by atoms with van der Waals surface area (Å²) in [6.07, 6.45) is 7.95. The smallest absolute Gasteiger partial charge is 0.0282 e. The van der Waals surface area contributed by atoms with E-state index < -0.39 is 0 Å². The van der Waals surface area contributed by atoms with Gasteiger partial charge in [-0.05, 0) is 42.5 Å². The molecule has 0 saturated heterocycles. The fourth-order valence-electron chi connectivity index (χ4n) is 1.68. The molecule has 0 heterocycles. The molecule has 0 aliphatic carbocycles. The van der Waals surface area contributed by atoms with Gasteiger partial charge in [-0.15, -0.1) is 0 Å². The molecule has 1 nitrogen and oxygen atoms in total. The summed E-state index contributed by atoms with van der Waals surface area (Å²) >= 11 is 0. The van der Waals surface area contributed by atoms with Crippen molar-refractivity contribution in [1.29, 1.82) is 5.41 Å². The van der Waals surface area contributed by atoms with Crippen LogP contribution in [0.25, 0.3) is 5.57 Å². The van der Waals surface area contributed by atoms with Crippen LogP contribution in [0.5, 0.6) is 0 Å². The van der Waals surface area contributed by atoms with E-state index in [0.717, 1.165) is 12.8 Å². The average molecular weight is 227 g/mol. The number of aryl methyl sites for hydroxylation is 1. The van der Waals surface area contributed by atoms with Gasteiger partial charge in [-0.25, -0.2) is 0 Å².